The van der Waals surface area contributed by atoms with Crippen LogP contribution in [0.5, 0.6) is 0 Å². The minimum atomic E-state index is 0.627. The van der Waals surface area contributed by atoms with Crippen molar-refractivity contribution < 1.29 is 0 Å². The Morgan fingerprint density at radius 2 is 2.30 bits per heavy atom. The molecule has 1 aliphatic heterocycles. The topological polar surface area (TPSA) is 52.5 Å². The SMILES string of the molecule is N#Cc1cccc2[nH]c(-c3cc4c(s3)CCSC4)nc12. The van der Waals surface area contributed by atoms with Gasteiger partial charge in [-0.3, -0.25) is 0 Å². The summed E-state index contributed by atoms with van der Waals surface area (Å²) < 4.78 is 0. The highest BCUT2D eigenvalue weighted by molar-refractivity contribution is 7.98. The number of nitrogens with one attached hydrogen (secondary N) is 1. The molecule has 0 amide bonds. The first-order valence-corrected chi connectivity index (χ1v) is 8.41. The van der Waals surface area contributed by atoms with Crippen molar-refractivity contribution in [2.75, 3.05) is 5.75 Å². The quantitative estimate of drug-likeness (QED) is 0.740. The van der Waals surface area contributed by atoms with Crippen LogP contribution >= 0.6 is 23.1 Å². The van der Waals surface area contributed by atoms with Crippen molar-refractivity contribution in [3.8, 4) is 16.8 Å². The summed E-state index contributed by atoms with van der Waals surface area (Å²) in [6.07, 6.45) is 1.16. The molecule has 1 aromatic carbocycles. The van der Waals surface area contributed by atoms with Gasteiger partial charge >= 0.3 is 0 Å². The number of hydrogen-bond donors (Lipinski definition) is 1. The van der Waals surface area contributed by atoms with Crippen molar-refractivity contribution in [3.63, 3.8) is 0 Å². The lowest BCUT2D eigenvalue weighted by atomic mass is 10.2. The Labute approximate surface area is 124 Å². The van der Waals surface area contributed by atoms with Gasteiger partial charge in [-0.25, -0.2) is 4.98 Å². The standard InChI is InChI=1S/C15H11N3S2/c16-7-9-2-1-3-11-14(9)18-15(17-11)13-6-10-8-19-5-4-12(10)20-13/h1-3,6H,4-5,8H2,(H,17,18). The van der Waals surface area contributed by atoms with E-state index in [9.17, 15) is 0 Å². The monoisotopic (exact) mass is 297 g/mol. The second-order valence-corrected chi connectivity index (χ2v) is 7.00. The van der Waals surface area contributed by atoms with Crippen LogP contribution < -0.4 is 0 Å². The van der Waals surface area contributed by atoms with Crippen LogP contribution in [-0.4, -0.2) is 15.7 Å². The van der Waals surface area contributed by atoms with Crippen LogP contribution in [0.15, 0.2) is 24.3 Å². The van der Waals surface area contributed by atoms with Gasteiger partial charge in [-0.15, -0.1) is 11.3 Å². The van der Waals surface area contributed by atoms with Gasteiger partial charge in [0.2, 0.25) is 0 Å². The Hall–Kier alpha value is -1.77. The van der Waals surface area contributed by atoms with Crippen LogP contribution in [0.25, 0.3) is 21.7 Å². The highest BCUT2D eigenvalue weighted by Gasteiger charge is 2.17. The van der Waals surface area contributed by atoms with Gasteiger partial charge in [0, 0.05) is 10.6 Å². The molecule has 3 aromatic rings. The number of imidazole rings is 1. The van der Waals surface area contributed by atoms with E-state index in [1.807, 2.05) is 41.3 Å². The van der Waals surface area contributed by atoms with E-state index in [4.69, 9.17) is 5.26 Å². The van der Waals surface area contributed by atoms with Gasteiger partial charge in [-0.1, -0.05) is 6.07 Å². The maximum atomic E-state index is 9.14. The molecule has 5 heteroatoms. The number of nitrogens with zero attached hydrogens (tertiary/aromatic N) is 2. The Morgan fingerprint density at radius 1 is 1.35 bits per heavy atom. The highest BCUT2D eigenvalue weighted by atomic mass is 32.2. The zero-order chi connectivity index (χ0) is 13.5. The number of benzene rings is 1. The first-order chi connectivity index (χ1) is 9.85. The maximum Gasteiger partial charge on any atom is 0.148 e. The number of aromatic amines is 1. The smallest absolute Gasteiger partial charge is 0.148 e. The molecule has 0 fully saturated rings. The Balaban J connectivity index is 1.86. The fourth-order valence-electron chi connectivity index (χ4n) is 2.50. The van der Waals surface area contributed by atoms with Gasteiger partial charge in [-0.05, 0) is 35.9 Å². The van der Waals surface area contributed by atoms with E-state index in [-0.39, 0.29) is 0 Å². The molecule has 0 aliphatic carbocycles. The molecular weight excluding hydrogens is 286 g/mol. The summed E-state index contributed by atoms with van der Waals surface area (Å²) in [7, 11) is 0. The van der Waals surface area contributed by atoms with Gasteiger partial charge < -0.3 is 4.98 Å². The Morgan fingerprint density at radius 3 is 3.15 bits per heavy atom. The van der Waals surface area contributed by atoms with Crippen molar-refractivity contribution in [1.29, 1.82) is 5.26 Å². The minimum absolute atomic E-state index is 0.627. The number of rotatable bonds is 1. The predicted molar refractivity (Wildman–Crippen MR) is 84.0 cm³/mol. The fourth-order valence-corrected chi connectivity index (χ4v) is 4.82. The Bertz CT molecular complexity index is 815. The lowest BCUT2D eigenvalue weighted by molar-refractivity contribution is 1.13. The van der Waals surface area contributed by atoms with Gasteiger partial charge in [0.15, 0.2) is 0 Å². The number of aryl methyl sites for hydroxylation is 1. The summed E-state index contributed by atoms with van der Waals surface area (Å²) in [5.41, 5.74) is 3.77. The third-order valence-corrected chi connectivity index (χ3v) is 5.75. The van der Waals surface area contributed by atoms with Crippen LogP contribution in [0.2, 0.25) is 0 Å². The van der Waals surface area contributed by atoms with E-state index in [0.29, 0.717) is 5.56 Å². The number of thioether (sulfide) groups is 1. The molecule has 3 nitrogen and oxygen atoms in total. The number of hydrogen-bond acceptors (Lipinski definition) is 4. The summed E-state index contributed by atoms with van der Waals surface area (Å²) in [5.74, 6) is 3.20. The zero-order valence-electron chi connectivity index (χ0n) is 10.6. The van der Waals surface area contributed by atoms with Crippen molar-refractivity contribution in [2.45, 2.75) is 12.2 Å². The molecule has 0 saturated heterocycles. The normalized spacial score (nSPS) is 14.2. The third-order valence-electron chi connectivity index (χ3n) is 3.49. The van der Waals surface area contributed by atoms with Crippen molar-refractivity contribution >= 4 is 34.1 Å². The molecule has 0 bridgehead atoms. The van der Waals surface area contributed by atoms with Gasteiger partial charge in [-0.2, -0.15) is 17.0 Å². The van der Waals surface area contributed by atoms with Gasteiger partial charge in [0.25, 0.3) is 0 Å². The maximum absolute atomic E-state index is 9.14. The van der Waals surface area contributed by atoms with Crippen LogP contribution in [0, 0.1) is 11.3 Å². The fraction of sp³-hybridized carbons (Fsp3) is 0.200. The van der Waals surface area contributed by atoms with Crippen LogP contribution in [-0.2, 0) is 12.2 Å². The summed E-state index contributed by atoms with van der Waals surface area (Å²) in [5, 5.41) is 9.14. The number of nitriles is 1. The van der Waals surface area contributed by atoms with Crippen molar-refractivity contribution in [2.24, 2.45) is 0 Å². The third kappa shape index (κ3) is 1.84. The molecule has 4 rings (SSSR count). The molecule has 1 N–H and O–H groups in total. The molecule has 0 unspecified atom stereocenters. The molecular formula is C15H11N3S2. The van der Waals surface area contributed by atoms with Crippen molar-refractivity contribution in [1.82, 2.24) is 9.97 Å². The molecule has 0 spiro atoms. The van der Waals surface area contributed by atoms with E-state index in [1.165, 1.54) is 21.1 Å². The molecule has 0 atom stereocenters. The van der Waals surface area contributed by atoms with E-state index in [1.54, 1.807) is 0 Å². The number of thiophene rings is 1. The minimum Gasteiger partial charge on any atom is -0.337 e. The van der Waals surface area contributed by atoms with Gasteiger partial charge in [0.1, 0.15) is 17.4 Å². The van der Waals surface area contributed by atoms with Crippen LogP contribution in [0.4, 0.5) is 0 Å². The number of H-pyrrole nitrogens is 1. The number of para-hydroxylation sites is 1. The molecule has 20 heavy (non-hydrogen) atoms. The molecule has 0 saturated carbocycles. The summed E-state index contributed by atoms with van der Waals surface area (Å²) >= 11 is 3.82. The zero-order valence-corrected chi connectivity index (χ0v) is 12.3. The number of aromatic nitrogens is 2. The molecule has 98 valence electrons. The van der Waals surface area contributed by atoms with Crippen molar-refractivity contribution in [3.05, 3.63) is 40.3 Å². The Kier molecular flexibility index (Phi) is 2.79. The van der Waals surface area contributed by atoms with Gasteiger partial charge in [0.05, 0.1) is 16.0 Å². The predicted octanol–water partition coefficient (Wildman–Crippen LogP) is 3.95. The lowest BCUT2D eigenvalue weighted by Crippen LogP contribution is -1.96. The second kappa shape index (κ2) is 4.65. The average molecular weight is 297 g/mol. The van der Waals surface area contributed by atoms with E-state index in [0.717, 1.165) is 29.0 Å². The summed E-state index contributed by atoms with van der Waals surface area (Å²) in [4.78, 5) is 10.6. The van der Waals surface area contributed by atoms with Crippen LogP contribution in [0.3, 0.4) is 0 Å². The summed E-state index contributed by atoms with van der Waals surface area (Å²) in [6.45, 7) is 0. The first kappa shape index (κ1) is 12.0. The number of fused-ring (bicyclic) bond motifs is 2. The summed E-state index contributed by atoms with van der Waals surface area (Å²) in [6, 6.07) is 10.1. The largest absolute Gasteiger partial charge is 0.337 e. The first-order valence-electron chi connectivity index (χ1n) is 6.43. The molecule has 2 aromatic heterocycles. The highest BCUT2D eigenvalue weighted by Crippen LogP contribution is 2.36. The second-order valence-electron chi connectivity index (χ2n) is 4.76. The lowest BCUT2D eigenvalue weighted by Gasteiger charge is -2.08. The van der Waals surface area contributed by atoms with E-state index < -0.39 is 0 Å². The molecule has 0 radical (unpaired) electrons. The average Bonchev–Trinajstić information content (AvgIpc) is 3.09. The van der Waals surface area contributed by atoms with E-state index >= 15 is 0 Å². The van der Waals surface area contributed by atoms with E-state index in [2.05, 4.69) is 22.1 Å². The molecule has 3 heterocycles. The van der Waals surface area contributed by atoms with Crippen LogP contribution in [0.1, 0.15) is 16.0 Å². The molecule has 1 aliphatic rings.